The van der Waals surface area contributed by atoms with E-state index >= 15 is 0 Å². The molecule has 112 valence electrons. The summed E-state index contributed by atoms with van der Waals surface area (Å²) in [6.45, 7) is 1.90. The third kappa shape index (κ3) is 3.48. The van der Waals surface area contributed by atoms with Crippen LogP contribution < -0.4 is 15.2 Å². The minimum Gasteiger partial charge on any atom is -0.495 e. The van der Waals surface area contributed by atoms with Gasteiger partial charge >= 0.3 is 0 Å². The molecule has 0 amide bonds. The first-order valence-electron chi connectivity index (χ1n) is 6.06. The normalized spacial score (nSPS) is 11.2. The zero-order valence-corrected chi connectivity index (χ0v) is 14.0. The van der Waals surface area contributed by atoms with Crippen molar-refractivity contribution >= 4 is 37.3 Å². The van der Waals surface area contributed by atoms with E-state index in [4.69, 9.17) is 10.5 Å². The monoisotopic (exact) mass is 370 g/mol. The number of sulfonamides is 1. The van der Waals surface area contributed by atoms with Gasteiger partial charge in [0.1, 0.15) is 10.6 Å². The molecule has 0 fully saturated rings. The summed E-state index contributed by atoms with van der Waals surface area (Å²) in [5, 5.41) is 0. The molecular formula is C14H15BrN2O3S. The molecule has 0 bridgehead atoms. The lowest BCUT2D eigenvalue weighted by Gasteiger charge is -2.13. The topological polar surface area (TPSA) is 81.4 Å². The Morgan fingerprint density at radius 3 is 2.57 bits per heavy atom. The highest BCUT2D eigenvalue weighted by molar-refractivity contribution is 9.10. The molecule has 2 aromatic rings. The number of nitrogen functional groups attached to an aromatic ring is 1. The van der Waals surface area contributed by atoms with Crippen molar-refractivity contribution in [3.8, 4) is 5.75 Å². The average Bonchev–Trinajstić information content (AvgIpc) is 2.43. The number of benzene rings is 2. The largest absolute Gasteiger partial charge is 0.495 e. The Balaban J connectivity index is 2.45. The van der Waals surface area contributed by atoms with Crippen molar-refractivity contribution in [2.24, 2.45) is 0 Å². The molecule has 0 atom stereocenters. The number of ether oxygens (including phenoxy) is 1. The lowest BCUT2D eigenvalue weighted by molar-refractivity contribution is 0.416. The summed E-state index contributed by atoms with van der Waals surface area (Å²) >= 11 is 3.22. The van der Waals surface area contributed by atoms with Crippen molar-refractivity contribution in [2.75, 3.05) is 17.6 Å². The molecule has 0 aliphatic heterocycles. The number of halogens is 1. The molecule has 2 rings (SSSR count). The van der Waals surface area contributed by atoms with E-state index in [0.29, 0.717) is 21.6 Å². The third-order valence-electron chi connectivity index (χ3n) is 2.85. The quantitative estimate of drug-likeness (QED) is 0.809. The molecule has 21 heavy (non-hydrogen) atoms. The molecular weight excluding hydrogens is 356 g/mol. The van der Waals surface area contributed by atoms with Crippen molar-refractivity contribution in [1.29, 1.82) is 0 Å². The Kier molecular flexibility index (Phi) is 4.43. The van der Waals surface area contributed by atoms with Gasteiger partial charge in [0.05, 0.1) is 12.8 Å². The van der Waals surface area contributed by atoms with Gasteiger partial charge in [-0.15, -0.1) is 0 Å². The summed E-state index contributed by atoms with van der Waals surface area (Å²) in [5.74, 6) is 0.457. The Morgan fingerprint density at radius 2 is 1.90 bits per heavy atom. The smallest absolute Gasteiger partial charge is 0.263 e. The Morgan fingerprint density at radius 1 is 1.19 bits per heavy atom. The van der Waals surface area contributed by atoms with Gasteiger partial charge in [-0.3, -0.25) is 4.72 Å². The van der Waals surface area contributed by atoms with Crippen LogP contribution in [0.1, 0.15) is 5.56 Å². The number of anilines is 2. The molecule has 2 aromatic carbocycles. The predicted octanol–water partition coefficient (Wildman–Crippen LogP) is 3.15. The van der Waals surface area contributed by atoms with Gasteiger partial charge < -0.3 is 10.5 Å². The Bertz CT molecular complexity index is 776. The van der Waals surface area contributed by atoms with Crippen molar-refractivity contribution in [3.05, 3.63) is 46.4 Å². The fourth-order valence-electron chi connectivity index (χ4n) is 1.81. The van der Waals surface area contributed by atoms with Crippen LogP contribution in [-0.4, -0.2) is 15.5 Å². The number of nitrogens with two attached hydrogens (primary N) is 1. The summed E-state index contributed by atoms with van der Waals surface area (Å²) in [5.41, 5.74) is 7.37. The van der Waals surface area contributed by atoms with Gasteiger partial charge in [0.25, 0.3) is 10.0 Å². The maximum absolute atomic E-state index is 12.5. The molecule has 0 aliphatic carbocycles. The van der Waals surface area contributed by atoms with Crippen LogP contribution in [0.25, 0.3) is 0 Å². The molecule has 5 nitrogen and oxygen atoms in total. The van der Waals surface area contributed by atoms with E-state index in [0.717, 1.165) is 5.56 Å². The van der Waals surface area contributed by atoms with E-state index in [1.165, 1.54) is 13.2 Å². The highest BCUT2D eigenvalue weighted by atomic mass is 79.9. The number of hydrogen-bond acceptors (Lipinski definition) is 4. The lowest BCUT2D eigenvalue weighted by Crippen LogP contribution is -2.14. The van der Waals surface area contributed by atoms with Crippen LogP contribution in [-0.2, 0) is 10.0 Å². The molecule has 0 spiro atoms. The molecule has 0 heterocycles. The van der Waals surface area contributed by atoms with E-state index < -0.39 is 10.0 Å². The van der Waals surface area contributed by atoms with Crippen molar-refractivity contribution in [2.45, 2.75) is 11.8 Å². The standard InChI is InChI=1S/C14H15BrN2O3S/c1-9-3-6-12(13(7-9)20-2)17-21(18,19)14-8-10(16)4-5-11(14)15/h3-8,17H,16H2,1-2H3. The number of hydrogen-bond donors (Lipinski definition) is 2. The van der Waals surface area contributed by atoms with Gasteiger partial charge in [0.2, 0.25) is 0 Å². The zero-order chi connectivity index (χ0) is 15.6. The first-order valence-corrected chi connectivity index (χ1v) is 8.33. The van der Waals surface area contributed by atoms with Gasteiger partial charge in [-0.05, 0) is 58.7 Å². The van der Waals surface area contributed by atoms with Crippen LogP contribution in [0.2, 0.25) is 0 Å². The SMILES string of the molecule is COc1cc(C)ccc1NS(=O)(=O)c1cc(N)ccc1Br. The highest BCUT2D eigenvalue weighted by Gasteiger charge is 2.19. The highest BCUT2D eigenvalue weighted by Crippen LogP contribution is 2.30. The van der Waals surface area contributed by atoms with Gasteiger partial charge in [-0.25, -0.2) is 8.42 Å². The van der Waals surface area contributed by atoms with Crippen LogP contribution >= 0.6 is 15.9 Å². The lowest BCUT2D eigenvalue weighted by atomic mass is 10.2. The molecule has 0 radical (unpaired) electrons. The van der Waals surface area contributed by atoms with E-state index in [1.807, 2.05) is 6.92 Å². The van der Waals surface area contributed by atoms with Crippen LogP contribution in [0, 0.1) is 6.92 Å². The fraction of sp³-hybridized carbons (Fsp3) is 0.143. The van der Waals surface area contributed by atoms with Crippen LogP contribution in [0.4, 0.5) is 11.4 Å². The molecule has 0 unspecified atom stereocenters. The van der Waals surface area contributed by atoms with Crippen molar-refractivity contribution < 1.29 is 13.2 Å². The molecule has 7 heteroatoms. The summed E-state index contributed by atoms with van der Waals surface area (Å²) in [6, 6.07) is 9.83. The fourth-order valence-corrected chi connectivity index (χ4v) is 3.88. The van der Waals surface area contributed by atoms with Gasteiger partial charge in [0, 0.05) is 10.2 Å². The van der Waals surface area contributed by atoms with E-state index in [9.17, 15) is 8.42 Å². The first-order chi connectivity index (χ1) is 9.83. The number of rotatable bonds is 4. The second kappa shape index (κ2) is 5.95. The average molecular weight is 371 g/mol. The molecule has 0 aromatic heterocycles. The second-order valence-electron chi connectivity index (χ2n) is 4.50. The van der Waals surface area contributed by atoms with Crippen LogP contribution in [0.15, 0.2) is 45.8 Å². The van der Waals surface area contributed by atoms with Crippen LogP contribution in [0.3, 0.4) is 0 Å². The van der Waals surface area contributed by atoms with E-state index in [2.05, 4.69) is 20.7 Å². The maximum Gasteiger partial charge on any atom is 0.263 e. The summed E-state index contributed by atoms with van der Waals surface area (Å²) in [6.07, 6.45) is 0. The summed E-state index contributed by atoms with van der Waals surface area (Å²) in [7, 11) is -2.28. The van der Waals surface area contributed by atoms with E-state index in [-0.39, 0.29) is 4.90 Å². The molecule has 0 aliphatic rings. The predicted molar refractivity (Wildman–Crippen MR) is 87.1 cm³/mol. The number of nitrogens with one attached hydrogen (secondary N) is 1. The second-order valence-corrected chi connectivity index (χ2v) is 7.00. The summed E-state index contributed by atoms with van der Waals surface area (Å²) < 4.78 is 33.1. The Hall–Kier alpha value is -1.73. The van der Waals surface area contributed by atoms with Gasteiger partial charge in [0.15, 0.2) is 0 Å². The minimum absolute atomic E-state index is 0.0742. The molecule has 0 saturated carbocycles. The first kappa shape index (κ1) is 15.7. The van der Waals surface area contributed by atoms with Crippen LogP contribution in [0.5, 0.6) is 5.75 Å². The number of aryl methyl sites for hydroxylation is 1. The van der Waals surface area contributed by atoms with Crippen molar-refractivity contribution in [3.63, 3.8) is 0 Å². The molecule has 0 saturated heterocycles. The minimum atomic E-state index is -3.77. The molecule has 3 N–H and O–H groups in total. The van der Waals surface area contributed by atoms with Gasteiger partial charge in [-0.1, -0.05) is 6.07 Å². The number of methoxy groups -OCH3 is 1. The Labute approximate surface area is 132 Å². The van der Waals surface area contributed by atoms with Crippen molar-refractivity contribution in [1.82, 2.24) is 0 Å². The maximum atomic E-state index is 12.5. The van der Waals surface area contributed by atoms with E-state index in [1.54, 1.807) is 30.3 Å². The zero-order valence-electron chi connectivity index (χ0n) is 11.6. The van der Waals surface area contributed by atoms with Gasteiger partial charge in [-0.2, -0.15) is 0 Å². The summed E-state index contributed by atoms with van der Waals surface area (Å²) in [4.78, 5) is 0.0742. The third-order valence-corrected chi connectivity index (χ3v) is 5.21.